The van der Waals surface area contributed by atoms with Crippen LogP contribution in [0.4, 0.5) is 0 Å². The molecule has 1 aromatic rings. The van der Waals surface area contributed by atoms with E-state index in [0.29, 0.717) is 6.42 Å². The normalized spacial score (nSPS) is 22.3. The van der Waals surface area contributed by atoms with E-state index in [0.717, 1.165) is 36.4 Å². The van der Waals surface area contributed by atoms with Gasteiger partial charge in [-0.1, -0.05) is 0 Å². The van der Waals surface area contributed by atoms with E-state index in [2.05, 4.69) is 5.32 Å². The van der Waals surface area contributed by atoms with E-state index in [9.17, 15) is 9.90 Å². The van der Waals surface area contributed by atoms with Gasteiger partial charge in [0.2, 0.25) is 0 Å². The Hall–Kier alpha value is -1.75. The van der Waals surface area contributed by atoms with Gasteiger partial charge in [0, 0.05) is 12.1 Å². The molecular weight excluding hydrogens is 258 g/mol. The number of hydrogen-bond acceptors (Lipinski definition) is 4. The first-order valence-electron chi connectivity index (χ1n) is 6.82. The summed E-state index contributed by atoms with van der Waals surface area (Å²) in [6.45, 7) is 0.871. The van der Waals surface area contributed by atoms with E-state index >= 15 is 0 Å². The average Bonchev–Trinajstić information content (AvgIpc) is 2.47. The number of piperidine rings is 1. The van der Waals surface area contributed by atoms with E-state index in [4.69, 9.17) is 9.47 Å². The molecule has 2 atom stereocenters. The third-order valence-electron chi connectivity index (χ3n) is 3.77. The minimum atomic E-state index is -0.725. The first-order chi connectivity index (χ1) is 9.63. The molecule has 1 saturated heterocycles. The van der Waals surface area contributed by atoms with Gasteiger partial charge < -0.3 is 19.9 Å². The Bertz CT molecular complexity index is 453. The maximum Gasteiger partial charge on any atom is 0.308 e. The summed E-state index contributed by atoms with van der Waals surface area (Å²) in [5.74, 6) is 0.391. The second-order valence-corrected chi connectivity index (χ2v) is 5.07. The highest BCUT2D eigenvalue weighted by Gasteiger charge is 2.30. The minimum absolute atomic E-state index is 0.0435. The Kier molecular flexibility index (Phi) is 4.84. The summed E-state index contributed by atoms with van der Waals surface area (Å²) in [6, 6.07) is 5.63. The SMILES string of the molecule is COc1cc(C[C@@H]2NCCC[C@H]2C(=O)O)cc(OC)c1. The molecular formula is C15H21NO4. The lowest BCUT2D eigenvalue weighted by Gasteiger charge is -2.30. The number of nitrogens with one attached hydrogen (secondary N) is 1. The number of hydrogen-bond donors (Lipinski definition) is 2. The van der Waals surface area contributed by atoms with Crippen LogP contribution in [0.25, 0.3) is 0 Å². The molecule has 1 aliphatic heterocycles. The molecule has 0 aliphatic carbocycles. The van der Waals surface area contributed by atoms with Crippen molar-refractivity contribution in [2.75, 3.05) is 20.8 Å². The number of carboxylic acids is 1. The third-order valence-corrected chi connectivity index (χ3v) is 3.77. The van der Waals surface area contributed by atoms with Gasteiger partial charge in [0.25, 0.3) is 0 Å². The smallest absolute Gasteiger partial charge is 0.308 e. The molecule has 0 spiro atoms. The van der Waals surface area contributed by atoms with Crippen molar-refractivity contribution in [1.29, 1.82) is 0 Å². The van der Waals surface area contributed by atoms with E-state index in [1.54, 1.807) is 14.2 Å². The van der Waals surface area contributed by atoms with E-state index in [-0.39, 0.29) is 12.0 Å². The Labute approximate surface area is 118 Å². The Morgan fingerprint density at radius 2 is 1.95 bits per heavy atom. The molecule has 0 amide bonds. The van der Waals surface area contributed by atoms with Crippen LogP contribution in [0.5, 0.6) is 11.5 Å². The standard InChI is InChI=1S/C15H21NO4/c1-19-11-6-10(7-12(9-11)20-2)8-14-13(15(17)18)4-3-5-16-14/h6-7,9,13-14,16H,3-5,8H2,1-2H3,(H,17,18)/t13-,14+/m1/s1. The molecule has 20 heavy (non-hydrogen) atoms. The molecule has 2 N–H and O–H groups in total. The zero-order valence-corrected chi connectivity index (χ0v) is 11.9. The quantitative estimate of drug-likeness (QED) is 0.858. The number of ether oxygens (including phenoxy) is 2. The van der Waals surface area contributed by atoms with Crippen molar-refractivity contribution in [2.45, 2.75) is 25.3 Å². The number of carbonyl (C=O) groups is 1. The molecule has 1 fully saturated rings. The number of carboxylic acid groups (broad SMARTS) is 1. The maximum absolute atomic E-state index is 11.3. The molecule has 1 aliphatic rings. The topological polar surface area (TPSA) is 67.8 Å². The summed E-state index contributed by atoms with van der Waals surface area (Å²) in [6.07, 6.45) is 2.30. The molecule has 0 unspecified atom stereocenters. The van der Waals surface area contributed by atoms with Crippen molar-refractivity contribution in [1.82, 2.24) is 5.32 Å². The van der Waals surface area contributed by atoms with Gasteiger partial charge in [0.15, 0.2) is 0 Å². The molecule has 0 bridgehead atoms. The molecule has 2 rings (SSSR count). The zero-order valence-electron chi connectivity index (χ0n) is 11.9. The maximum atomic E-state index is 11.3. The zero-order chi connectivity index (χ0) is 14.5. The van der Waals surface area contributed by atoms with Crippen molar-refractivity contribution >= 4 is 5.97 Å². The highest BCUT2D eigenvalue weighted by Crippen LogP contribution is 2.26. The van der Waals surface area contributed by atoms with Crippen LogP contribution in [0.15, 0.2) is 18.2 Å². The minimum Gasteiger partial charge on any atom is -0.497 e. The van der Waals surface area contributed by atoms with Crippen molar-refractivity contribution in [3.8, 4) is 11.5 Å². The first-order valence-corrected chi connectivity index (χ1v) is 6.82. The second-order valence-electron chi connectivity index (χ2n) is 5.07. The summed E-state index contributed by atoms with van der Waals surface area (Å²) >= 11 is 0. The van der Waals surface area contributed by atoms with Gasteiger partial charge in [-0.25, -0.2) is 0 Å². The van der Waals surface area contributed by atoms with Crippen LogP contribution < -0.4 is 14.8 Å². The van der Waals surface area contributed by atoms with Crippen LogP contribution in [-0.2, 0) is 11.2 Å². The van der Waals surface area contributed by atoms with Gasteiger partial charge in [-0.15, -0.1) is 0 Å². The average molecular weight is 279 g/mol. The fraction of sp³-hybridized carbons (Fsp3) is 0.533. The monoisotopic (exact) mass is 279 g/mol. The van der Waals surface area contributed by atoms with E-state index < -0.39 is 5.97 Å². The van der Waals surface area contributed by atoms with Gasteiger partial charge in [0.05, 0.1) is 20.1 Å². The summed E-state index contributed by atoms with van der Waals surface area (Å²) in [4.78, 5) is 11.3. The predicted octanol–water partition coefficient (Wildman–Crippen LogP) is 1.70. The second kappa shape index (κ2) is 6.61. The van der Waals surface area contributed by atoms with Crippen LogP contribution in [-0.4, -0.2) is 37.9 Å². The fourth-order valence-electron chi connectivity index (χ4n) is 2.70. The summed E-state index contributed by atoms with van der Waals surface area (Å²) in [7, 11) is 3.22. The van der Waals surface area contributed by atoms with Gasteiger partial charge in [-0.3, -0.25) is 4.79 Å². The summed E-state index contributed by atoms with van der Waals surface area (Å²) in [5, 5.41) is 12.6. The van der Waals surface area contributed by atoms with Gasteiger partial charge in [-0.2, -0.15) is 0 Å². The van der Waals surface area contributed by atoms with Crippen molar-refractivity contribution in [3.05, 3.63) is 23.8 Å². The summed E-state index contributed by atoms with van der Waals surface area (Å²) in [5.41, 5.74) is 1.02. The molecule has 1 aromatic carbocycles. The van der Waals surface area contributed by atoms with Crippen LogP contribution in [0, 0.1) is 5.92 Å². The van der Waals surface area contributed by atoms with Crippen LogP contribution in [0.2, 0.25) is 0 Å². The van der Waals surface area contributed by atoms with Crippen molar-refractivity contribution in [2.24, 2.45) is 5.92 Å². The Morgan fingerprint density at radius 1 is 1.30 bits per heavy atom. The van der Waals surface area contributed by atoms with Crippen LogP contribution in [0.1, 0.15) is 18.4 Å². The van der Waals surface area contributed by atoms with E-state index in [1.165, 1.54) is 0 Å². The molecule has 0 aromatic heterocycles. The Morgan fingerprint density at radius 3 is 2.50 bits per heavy atom. The lowest BCUT2D eigenvalue weighted by molar-refractivity contribution is -0.143. The highest BCUT2D eigenvalue weighted by atomic mass is 16.5. The molecule has 110 valence electrons. The van der Waals surface area contributed by atoms with Gasteiger partial charge in [0.1, 0.15) is 11.5 Å². The number of methoxy groups -OCH3 is 2. The summed E-state index contributed by atoms with van der Waals surface area (Å²) < 4.78 is 10.5. The van der Waals surface area contributed by atoms with E-state index in [1.807, 2.05) is 18.2 Å². The highest BCUT2D eigenvalue weighted by molar-refractivity contribution is 5.71. The lowest BCUT2D eigenvalue weighted by Crippen LogP contribution is -2.46. The number of aliphatic carboxylic acids is 1. The van der Waals surface area contributed by atoms with Crippen molar-refractivity contribution < 1.29 is 19.4 Å². The number of benzene rings is 1. The molecule has 1 heterocycles. The molecule has 0 radical (unpaired) electrons. The van der Waals surface area contributed by atoms with Crippen LogP contribution in [0.3, 0.4) is 0 Å². The molecule has 5 heteroatoms. The molecule has 5 nitrogen and oxygen atoms in total. The first kappa shape index (κ1) is 14.7. The molecule has 0 saturated carbocycles. The predicted molar refractivity (Wildman–Crippen MR) is 75.4 cm³/mol. The Balaban J connectivity index is 2.17. The number of rotatable bonds is 5. The largest absolute Gasteiger partial charge is 0.497 e. The lowest BCUT2D eigenvalue weighted by atomic mass is 9.87. The van der Waals surface area contributed by atoms with Gasteiger partial charge >= 0.3 is 5.97 Å². The third kappa shape index (κ3) is 3.42. The van der Waals surface area contributed by atoms with Gasteiger partial charge in [-0.05, 0) is 43.5 Å². The van der Waals surface area contributed by atoms with Crippen molar-refractivity contribution in [3.63, 3.8) is 0 Å². The fourth-order valence-corrected chi connectivity index (χ4v) is 2.70. The van der Waals surface area contributed by atoms with Crippen LogP contribution >= 0.6 is 0 Å².